The summed E-state index contributed by atoms with van der Waals surface area (Å²) in [7, 11) is 0. The minimum absolute atomic E-state index is 0.0929. The summed E-state index contributed by atoms with van der Waals surface area (Å²) in [6, 6.07) is 9.19. The summed E-state index contributed by atoms with van der Waals surface area (Å²) >= 11 is 1.54. The first-order valence-corrected chi connectivity index (χ1v) is 8.84. The van der Waals surface area contributed by atoms with Crippen molar-refractivity contribution < 1.29 is 14.1 Å². The van der Waals surface area contributed by atoms with Crippen LogP contribution >= 0.6 is 11.3 Å². The van der Waals surface area contributed by atoms with Crippen LogP contribution in [-0.4, -0.2) is 45.4 Å². The van der Waals surface area contributed by atoms with Crippen LogP contribution in [0.4, 0.5) is 0 Å². The van der Waals surface area contributed by atoms with Gasteiger partial charge in [-0.1, -0.05) is 11.2 Å². The van der Waals surface area contributed by atoms with Crippen LogP contribution < -0.4 is 4.74 Å². The van der Waals surface area contributed by atoms with E-state index in [2.05, 4.69) is 15.4 Å². The molecule has 0 N–H and O–H groups in total. The number of carbonyl (C=O) groups is 1. The van der Waals surface area contributed by atoms with Crippen molar-refractivity contribution in [2.45, 2.75) is 19.4 Å². The zero-order valence-corrected chi connectivity index (χ0v) is 14.4. The number of rotatable bonds is 4. The van der Waals surface area contributed by atoms with Crippen LogP contribution in [0.3, 0.4) is 0 Å². The second-order valence-corrected chi connectivity index (χ2v) is 6.79. The first-order valence-electron chi connectivity index (χ1n) is 7.96. The van der Waals surface area contributed by atoms with Crippen LogP contribution in [0.5, 0.6) is 5.88 Å². The Morgan fingerprint density at radius 2 is 2.28 bits per heavy atom. The molecule has 0 spiro atoms. The quantitative estimate of drug-likeness (QED) is 0.715. The summed E-state index contributed by atoms with van der Waals surface area (Å²) in [6.45, 7) is 2.98. The third-order valence-electron chi connectivity index (χ3n) is 3.99. The van der Waals surface area contributed by atoms with E-state index in [1.165, 1.54) is 0 Å². The molecule has 1 aliphatic rings. The fourth-order valence-corrected chi connectivity index (χ4v) is 3.38. The summed E-state index contributed by atoms with van der Waals surface area (Å²) in [5, 5.41) is 13.8. The van der Waals surface area contributed by atoms with Crippen molar-refractivity contribution in [2.75, 3.05) is 13.1 Å². The van der Waals surface area contributed by atoms with Crippen molar-refractivity contribution in [3.05, 3.63) is 47.1 Å². The lowest BCUT2D eigenvalue weighted by Gasteiger charge is -2.15. The summed E-state index contributed by atoms with van der Waals surface area (Å²) in [5.74, 6) is 0.944. The Kier molecular flexibility index (Phi) is 4.19. The third kappa shape index (κ3) is 3.39. The number of hydrogen-bond acceptors (Lipinski definition) is 7. The molecule has 8 heteroatoms. The number of amides is 1. The maximum atomic E-state index is 12.6. The number of thiophene rings is 1. The molecule has 1 unspecified atom stereocenters. The van der Waals surface area contributed by atoms with Crippen LogP contribution in [0.1, 0.15) is 22.6 Å². The zero-order chi connectivity index (χ0) is 17.2. The van der Waals surface area contributed by atoms with E-state index in [9.17, 15) is 4.79 Å². The molecular weight excluding hydrogens is 340 g/mol. The summed E-state index contributed by atoms with van der Waals surface area (Å²) in [6.07, 6.45) is 0.654. The average molecular weight is 356 g/mol. The van der Waals surface area contributed by atoms with Gasteiger partial charge in [-0.3, -0.25) is 4.79 Å². The molecule has 7 nitrogen and oxygen atoms in total. The van der Waals surface area contributed by atoms with E-state index in [0.29, 0.717) is 30.4 Å². The van der Waals surface area contributed by atoms with Gasteiger partial charge in [0.05, 0.1) is 17.1 Å². The number of hydrogen-bond donors (Lipinski definition) is 0. The van der Waals surface area contributed by atoms with Crippen LogP contribution in [-0.2, 0) is 0 Å². The fraction of sp³-hybridized carbons (Fsp3) is 0.294. The predicted molar refractivity (Wildman–Crippen MR) is 91.5 cm³/mol. The van der Waals surface area contributed by atoms with Gasteiger partial charge in [0.1, 0.15) is 6.10 Å². The van der Waals surface area contributed by atoms with E-state index in [-0.39, 0.29) is 12.0 Å². The molecule has 1 amide bonds. The van der Waals surface area contributed by atoms with Gasteiger partial charge in [-0.15, -0.1) is 16.4 Å². The van der Waals surface area contributed by atoms with Crippen molar-refractivity contribution in [3.8, 4) is 16.5 Å². The van der Waals surface area contributed by atoms with E-state index < -0.39 is 0 Å². The first-order chi connectivity index (χ1) is 12.2. The molecule has 25 heavy (non-hydrogen) atoms. The van der Waals surface area contributed by atoms with E-state index in [1.54, 1.807) is 28.4 Å². The van der Waals surface area contributed by atoms with Crippen molar-refractivity contribution in [2.24, 2.45) is 0 Å². The number of aryl methyl sites for hydroxylation is 1. The Hall–Kier alpha value is -2.74. The molecule has 3 aromatic rings. The first kappa shape index (κ1) is 15.8. The van der Waals surface area contributed by atoms with Gasteiger partial charge in [0, 0.05) is 25.1 Å². The molecule has 1 saturated heterocycles. The summed E-state index contributed by atoms with van der Waals surface area (Å²) in [4.78, 5) is 15.3. The molecule has 4 heterocycles. The second kappa shape index (κ2) is 6.64. The minimum Gasteiger partial charge on any atom is -0.471 e. The molecule has 3 aromatic heterocycles. The minimum atomic E-state index is -0.146. The van der Waals surface area contributed by atoms with Gasteiger partial charge < -0.3 is 14.2 Å². The van der Waals surface area contributed by atoms with Gasteiger partial charge in [0.15, 0.2) is 11.5 Å². The van der Waals surface area contributed by atoms with Gasteiger partial charge in [0.2, 0.25) is 5.88 Å². The van der Waals surface area contributed by atoms with E-state index >= 15 is 0 Å². The SMILES string of the molecule is Cc1ccc(OC2CCN(C(=O)c3cc(-c4cccs4)on3)C2)nn1. The van der Waals surface area contributed by atoms with Gasteiger partial charge in [-0.05, 0) is 24.4 Å². The molecule has 0 aromatic carbocycles. The molecule has 1 aliphatic heterocycles. The maximum absolute atomic E-state index is 12.6. The highest BCUT2D eigenvalue weighted by Gasteiger charge is 2.30. The third-order valence-corrected chi connectivity index (χ3v) is 4.87. The number of aromatic nitrogens is 3. The average Bonchev–Trinajstić information content (AvgIpc) is 3.37. The Morgan fingerprint density at radius 1 is 1.36 bits per heavy atom. The molecule has 1 fully saturated rings. The van der Waals surface area contributed by atoms with Crippen LogP contribution in [0.2, 0.25) is 0 Å². The normalized spacial score (nSPS) is 17.0. The molecule has 0 bridgehead atoms. The van der Waals surface area contributed by atoms with Gasteiger partial charge >= 0.3 is 0 Å². The second-order valence-electron chi connectivity index (χ2n) is 5.85. The number of nitrogens with zero attached hydrogens (tertiary/aromatic N) is 4. The molecule has 0 saturated carbocycles. The van der Waals surface area contributed by atoms with E-state index in [4.69, 9.17) is 9.26 Å². The Balaban J connectivity index is 1.39. The van der Waals surface area contributed by atoms with Crippen molar-refractivity contribution in [1.82, 2.24) is 20.3 Å². The number of ether oxygens (including phenoxy) is 1. The highest BCUT2D eigenvalue weighted by molar-refractivity contribution is 7.13. The molecular formula is C17H16N4O3S. The van der Waals surface area contributed by atoms with Crippen molar-refractivity contribution >= 4 is 17.2 Å². The van der Waals surface area contributed by atoms with Crippen molar-refractivity contribution in [1.29, 1.82) is 0 Å². The molecule has 0 aliphatic carbocycles. The lowest BCUT2D eigenvalue weighted by atomic mass is 10.3. The fourth-order valence-electron chi connectivity index (χ4n) is 2.70. The molecule has 128 valence electrons. The summed E-state index contributed by atoms with van der Waals surface area (Å²) in [5.41, 5.74) is 1.15. The Labute approximate surface area is 148 Å². The monoisotopic (exact) mass is 356 g/mol. The molecule has 0 radical (unpaired) electrons. The standard InChI is InChI=1S/C17H16N4O3S/c1-11-4-5-16(19-18-11)23-12-6-7-21(10-12)17(22)13-9-14(24-20-13)15-3-2-8-25-15/h2-5,8-9,12H,6-7,10H2,1H3. The van der Waals surface area contributed by atoms with Crippen LogP contribution in [0, 0.1) is 6.92 Å². The van der Waals surface area contributed by atoms with E-state index in [1.807, 2.05) is 30.5 Å². The largest absolute Gasteiger partial charge is 0.471 e. The Bertz CT molecular complexity index is 860. The predicted octanol–water partition coefficient (Wildman–Crippen LogP) is 2.80. The molecule has 1 atom stereocenters. The summed E-state index contributed by atoms with van der Waals surface area (Å²) < 4.78 is 11.1. The highest BCUT2D eigenvalue weighted by atomic mass is 32.1. The molecule has 4 rings (SSSR count). The maximum Gasteiger partial charge on any atom is 0.276 e. The van der Waals surface area contributed by atoms with E-state index in [0.717, 1.165) is 17.0 Å². The van der Waals surface area contributed by atoms with Crippen LogP contribution in [0.15, 0.2) is 40.2 Å². The number of likely N-dealkylation sites (tertiary alicyclic amines) is 1. The lowest BCUT2D eigenvalue weighted by molar-refractivity contribution is 0.0761. The van der Waals surface area contributed by atoms with Gasteiger partial charge in [-0.2, -0.15) is 5.10 Å². The van der Waals surface area contributed by atoms with Gasteiger partial charge in [-0.25, -0.2) is 0 Å². The Morgan fingerprint density at radius 3 is 3.04 bits per heavy atom. The number of carbonyl (C=O) groups excluding carboxylic acids is 1. The lowest BCUT2D eigenvalue weighted by Crippen LogP contribution is -2.31. The topological polar surface area (TPSA) is 81.4 Å². The highest BCUT2D eigenvalue weighted by Crippen LogP contribution is 2.26. The van der Waals surface area contributed by atoms with Crippen molar-refractivity contribution in [3.63, 3.8) is 0 Å². The van der Waals surface area contributed by atoms with Crippen LogP contribution in [0.25, 0.3) is 10.6 Å². The smallest absolute Gasteiger partial charge is 0.276 e. The zero-order valence-electron chi connectivity index (χ0n) is 13.6. The van der Waals surface area contributed by atoms with Gasteiger partial charge in [0.25, 0.3) is 5.91 Å².